The van der Waals surface area contributed by atoms with Crippen LogP contribution < -0.4 is 5.32 Å². The third kappa shape index (κ3) is 3.24. The first kappa shape index (κ1) is 15.9. The molecule has 1 aliphatic rings. The Morgan fingerprint density at radius 3 is 2.67 bits per heavy atom. The summed E-state index contributed by atoms with van der Waals surface area (Å²) in [7, 11) is -3.38. The van der Waals surface area contributed by atoms with E-state index in [1.807, 2.05) is 13.0 Å². The number of piperazine rings is 1. The number of halogens is 2. The van der Waals surface area contributed by atoms with E-state index >= 15 is 0 Å². The summed E-state index contributed by atoms with van der Waals surface area (Å²) in [6, 6.07) is 7.12. The average Bonchev–Trinajstić information content (AvgIpc) is 2.29. The summed E-state index contributed by atoms with van der Waals surface area (Å²) < 4.78 is 27.0. The number of hydrogen-bond acceptors (Lipinski definition) is 3. The molecule has 0 amide bonds. The Bertz CT molecular complexity index is 510. The zero-order valence-corrected chi connectivity index (χ0v) is 13.2. The summed E-state index contributed by atoms with van der Waals surface area (Å²) in [5.41, 5.74) is 0. The summed E-state index contributed by atoms with van der Waals surface area (Å²) in [6.07, 6.45) is 0. The number of rotatable bonds is 2. The summed E-state index contributed by atoms with van der Waals surface area (Å²) in [5.74, 6) is 0. The van der Waals surface area contributed by atoms with Gasteiger partial charge < -0.3 is 5.32 Å². The molecule has 4 nitrogen and oxygen atoms in total. The van der Waals surface area contributed by atoms with E-state index in [0.717, 1.165) is 0 Å². The number of nitrogens with one attached hydrogen (secondary N) is 1. The fourth-order valence-corrected chi connectivity index (χ4v) is 4.40. The topological polar surface area (TPSA) is 49.4 Å². The molecule has 0 spiro atoms. The number of sulfonamides is 1. The summed E-state index contributed by atoms with van der Waals surface area (Å²) in [6.45, 7) is 3.73. The lowest BCUT2D eigenvalue weighted by Gasteiger charge is -2.31. The van der Waals surface area contributed by atoms with E-state index in [1.165, 1.54) is 4.31 Å². The van der Waals surface area contributed by atoms with Crippen LogP contribution in [0, 0.1) is 0 Å². The third-order valence-electron chi connectivity index (χ3n) is 2.79. The van der Waals surface area contributed by atoms with E-state index in [4.69, 9.17) is 0 Å². The van der Waals surface area contributed by atoms with E-state index in [2.05, 4.69) is 21.2 Å². The van der Waals surface area contributed by atoms with Crippen molar-refractivity contribution in [1.82, 2.24) is 9.62 Å². The maximum atomic E-state index is 12.4. The van der Waals surface area contributed by atoms with E-state index in [0.29, 0.717) is 29.0 Å². The molecule has 102 valence electrons. The van der Waals surface area contributed by atoms with E-state index in [-0.39, 0.29) is 18.4 Å². The Kier molecular flexibility index (Phi) is 5.61. The largest absolute Gasteiger partial charge is 0.312 e. The molecule has 0 unspecified atom stereocenters. The van der Waals surface area contributed by atoms with Gasteiger partial charge >= 0.3 is 0 Å². The predicted octanol–water partition coefficient (Wildman–Crippen LogP) is 1.85. The first-order valence-corrected chi connectivity index (χ1v) is 7.73. The van der Waals surface area contributed by atoms with Crippen molar-refractivity contribution in [2.24, 2.45) is 0 Å². The van der Waals surface area contributed by atoms with Gasteiger partial charge in [0.05, 0.1) is 4.90 Å². The normalized spacial score (nSPS) is 21.3. The van der Waals surface area contributed by atoms with Crippen LogP contribution in [-0.4, -0.2) is 38.4 Å². The zero-order chi connectivity index (χ0) is 12.5. The second-order valence-electron chi connectivity index (χ2n) is 4.15. The molecule has 1 aromatic rings. The van der Waals surface area contributed by atoms with Crippen molar-refractivity contribution in [2.75, 3.05) is 19.6 Å². The molecule has 18 heavy (non-hydrogen) atoms. The molecule has 1 aromatic carbocycles. The molecule has 2 rings (SSSR count). The Morgan fingerprint density at radius 1 is 1.39 bits per heavy atom. The van der Waals surface area contributed by atoms with Crippen LogP contribution in [0.2, 0.25) is 0 Å². The molecule has 0 aliphatic carbocycles. The van der Waals surface area contributed by atoms with Crippen molar-refractivity contribution >= 4 is 38.4 Å². The Hall–Kier alpha value is -0.140. The molecular formula is C11H16BrClN2O2S. The van der Waals surface area contributed by atoms with Gasteiger partial charge in [-0.1, -0.05) is 12.1 Å². The minimum atomic E-state index is -3.38. The first-order chi connectivity index (χ1) is 8.01. The SMILES string of the molecule is C[C@@H]1CN(S(=O)(=O)c2ccccc2Br)CCN1.Cl. The molecule has 0 saturated carbocycles. The lowest BCUT2D eigenvalue weighted by molar-refractivity contribution is 0.310. The van der Waals surface area contributed by atoms with Gasteiger partial charge in [0, 0.05) is 30.1 Å². The van der Waals surface area contributed by atoms with Crippen LogP contribution in [0.3, 0.4) is 0 Å². The highest BCUT2D eigenvalue weighted by Gasteiger charge is 2.29. The van der Waals surface area contributed by atoms with Crippen LogP contribution in [0.25, 0.3) is 0 Å². The molecule has 0 aromatic heterocycles. The number of hydrogen-bond donors (Lipinski definition) is 1. The molecule has 1 heterocycles. The molecule has 1 fully saturated rings. The predicted molar refractivity (Wildman–Crippen MR) is 77.6 cm³/mol. The Morgan fingerprint density at radius 2 is 2.06 bits per heavy atom. The number of nitrogens with zero attached hydrogens (tertiary/aromatic N) is 1. The van der Waals surface area contributed by atoms with E-state index < -0.39 is 10.0 Å². The van der Waals surface area contributed by atoms with Gasteiger partial charge in [-0.25, -0.2) is 8.42 Å². The standard InChI is InChI=1S/C11H15BrN2O2S.ClH/c1-9-8-14(7-6-13-9)17(15,16)11-5-3-2-4-10(11)12;/h2-5,9,13H,6-8H2,1H3;1H/t9-;/m1./s1. The van der Waals surface area contributed by atoms with Gasteiger partial charge in [0.1, 0.15) is 0 Å². The maximum absolute atomic E-state index is 12.4. The van der Waals surface area contributed by atoms with Gasteiger partial charge in [0.2, 0.25) is 10.0 Å². The van der Waals surface area contributed by atoms with Gasteiger partial charge in [0.15, 0.2) is 0 Å². The van der Waals surface area contributed by atoms with Crippen molar-refractivity contribution < 1.29 is 8.42 Å². The minimum Gasteiger partial charge on any atom is -0.312 e. The molecule has 0 bridgehead atoms. The Balaban J connectivity index is 0.00000162. The van der Waals surface area contributed by atoms with Gasteiger partial charge in [-0.2, -0.15) is 4.31 Å². The zero-order valence-electron chi connectivity index (χ0n) is 9.97. The molecule has 1 N–H and O–H groups in total. The van der Waals surface area contributed by atoms with Crippen LogP contribution in [0.5, 0.6) is 0 Å². The van der Waals surface area contributed by atoms with Crippen molar-refractivity contribution in [3.63, 3.8) is 0 Å². The van der Waals surface area contributed by atoms with Gasteiger partial charge in [-0.05, 0) is 35.0 Å². The van der Waals surface area contributed by atoms with Gasteiger partial charge in [-0.3, -0.25) is 0 Å². The molecule has 1 atom stereocenters. The van der Waals surface area contributed by atoms with Crippen LogP contribution in [-0.2, 0) is 10.0 Å². The monoisotopic (exact) mass is 354 g/mol. The molecular weight excluding hydrogens is 340 g/mol. The van der Waals surface area contributed by atoms with Crippen molar-refractivity contribution in [3.8, 4) is 0 Å². The molecule has 1 saturated heterocycles. The molecule has 7 heteroatoms. The van der Waals surface area contributed by atoms with Gasteiger partial charge in [-0.15, -0.1) is 12.4 Å². The Labute approximate surface area is 122 Å². The lowest BCUT2D eigenvalue weighted by atomic mass is 10.3. The van der Waals surface area contributed by atoms with Crippen molar-refractivity contribution in [3.05, 3.63) is 28.7 Å². The third-order valence-corrected chi connectivity index (χ3v) is 5.66. The van der Waals surface area contributed by atoms with E-state index in [9.17, 15) is 8.42 Å². The smallest absolute Gasteiger partial charge is 0.244 e. The summed E-state index contributed by atoms with van der Waals surface area (Å²) in [5, 5.41) is 3.23. The molecule has 1 aliphatic heterocycles. The van der Waals surface area contributed by atoms with Crippen LogP contribution >= 0.6 is 28.3 Å². The van der Waals surface area contributed by atoms with Gasteiger partial charge in [0.25, 0.3) is 0 Å². The second-order valence-corrected chi connectivity index (χ2v) is 6.91. The fraction of sp³-hybridized carbons (Fsp3) is 0.455. The molecule has 0 radical (unpaired) electrons. The quantitative estimate of drug-likeness (QED) is 0.881. The average molecular weight is 356 g/mol. The summed E-state index contributed by atoms with van der Waals surface area (Å²) in [4.78, 5) is 0.342. The second kappa shape index (κ2) is 6.34. The maximum Gasteiger partial charge on any atom is 0.244 e. The van der Waals surface area contributed by atoms with E-state index in [1.54, 1.807) is 18.2 Å². The van der Waals surface area contributed by atoms with Crippen LogP contribution in [0.4, 0.5) is 0 Å². The van der Waals surface area contributed by atoms with Crippen molar-refractivity contribution in [2.45, 2.75) is 17.9 Å². The lowest BCUT2D eigenvalue weighted by Crippen LogP contribution is -2.51. The first-order valence-electron chi connectivity index (χ1n) is 5.50. The fourth-order valence-electron chi connectivity index (χ4n) is 1.91. The number of benzene rings is 1. The highest BCUT2D eigenvalue weighted by molar-refractivity contribution is 9.10. The summed E-state index contributed by atoms with van der Waals surface area (Å²) >= 11 is 3.29. The minimum absolute atomic E-state index is 0. The van der Waals surface area contributed by atoms with Crippen LogP contribution in [0.15, 0.2) is 33.6 Å². The van der Waals surface area contributed by atoms with Crippen LogP contribution in [0.1, 0.15) is 6.92 Å². The highest BCUT2D eigenvalue weighted by atomic mass is 79.9. The van der Waals surface area contributed by atoms with Crippen molar-refractivity contribution in [1.29, 1.82) is 0 Å². The highest BCUT2D eigenvalue weighted by Crippen LogP contribution is 2.25.